The lowest BCUT2D eigenvalue weighted by Gasteiger charge is -2.26. The minimum atomic E-state index is 0.475. The summed E-state index contributed by atoms with van der Waals surface area (Å²) >= 11 is 0. The van der Waals surface area contributed by atoms with Crippen LogP contribution in [0.5, 0.6) is 0 Å². The fraction of sp³-hybridized carbons (Fsp3) is 0.758. The van der Waals surface area contributed by atoms with Crippen LogP contribution in [0, 0.1) is 11.8 Å². The van der Waals surface area contributed by atoms with Gasteiger partial charge in [0.15, 0.2) is 12.8 Å². The number of hydrazone groups is 1. The molecule has 0 bridgehead atoms. The van der Waals surface area contributed by atoms with Crippen LogP contribution in [0.15, 0.2) is 29.9 Å². The quantitative estimate of drug-likeness (QED) is 0.372. The highest BCUT2D eigenvalue weighted by Crippen LogP contribution is 2.15. The van der Waals surface area contributed by atoms with E-state index in [4.69, 9.17) is 9.47 Å². The maximum atomic E-state index is 5.33. The molecule has 10 nitrogen and oxygen atoms in total. The van der Waals surface area contributed by atoms with Crippen LogP contribution in [0.25, 0.3) is 0 Å². The molecule has 0 amide bonds. The zero-order valence-electron chi connectivity index (χ0n) is 28.2. The lowest BCUT2D eigenvalue weighted by molar-refractivity contribution is -0.526. The van der Waals surface area contributed by atoms with Gasteiger partial charge in [0.25, 0.3) is 0 Å². The van der Waals surface area contributed by atoms with Crippen LogP contribution < -0.4 is 0 Å². The first kappa shape index (κ1) is 35.1. The molecule has 3 aliphatic rings. The molecule has 5 rings (SSSR count). The third-order valence-electron chi connectivity index (χ3n) is 8.14. The van der Waals surface area contributed by atoms with Gasteiger partial charge in [-0.2, -0.15) is 10.2 Å². The van der Waals surface area contributed by atoms with E-state index in [9.17, 15) is 0 Å². The summed E-state index contributed by atoms with van der Waals surface area (Å²) in [6.45, 7) is 29.4. The Hall–Kier alpha value is -2.40. The minimum Gasteiger partial charge on any atom is -0.379 e. The van der Waals surface area contributed by atoms with Gasteiger partial charge < -0.3 is 9.47 Å². The maximum absolute atomic E-state index is 5.33. The van der Waals surface area contributed by atoms with Crippen molar-refractivity contribution in [3.05, 3.63) is 35.9 Å². The van der Waals surface area contributed by atoms with Crippen LogP contribution in [-0.4, -0.2) is 119 Å². The summed E-state index contributed by atoms with van der Waals surface area (Å²) < 4.78 is 16.8. The molecular formula is C33H59N8O2+. The first-order chi connectivity index (χ1) is 20.6. The van der Waals surface area contributed by atoms with Crippen molar-refractivity contribution in [1.29, 1.82) is 0 Å². The monoisotopic (exact) mass is 599 g/mol. The van der Waals surface area contributed by atoms with Crippen LogP contribution in [-0.2, 0) is 16.0 Å². The van der Waals surface area contributed by atoms with E-state index in [1.807, 2.05) is 21.8 Å². The van der Waals surface area contributed by atoms with E-state index in [1.54, 1.807) is 0 Å². The lowest BCUT2D eigenvalue weighted by Crippen LogP contribution is -2.39. The van der Waals surface area contributed by atoms with Gasteiger partial charge in [-0.25, -0.2) is 0 Å². The summed E-state index contributed by atoms with van der Waals surface area (Å²) in [6, 6.07) is 0.475. The standard InChI is InChI=1S/C12H22N3O.C12H21N3O.C9H16N2/c2*1-11(2)12-9-13-15(10-12)4-3-14-5-7-16-8-6-14;1-7(2)9-5-10-11(6-9)8(3)4/h9-12H,3-8H2,1-2H3;9-11H,3-8H2,1-2H3;5-8H,1-4H3/q+1;;. The van der Waals surface area contributed by atoms with Crippen LogP contribution in [0.4, 0.5) is 0 Å². The highest BCUT2D eigenvalue weighted by Gasteiger charge is 2.22. The predicted molar refractivity (Wildman–Crippen MR) is 176 cm³/mol. The summed E-state index contributed by atoms with van der Waals surface area (Å²) in [5.74, 6) is 2.32. The first-order valence-corrected chi connectivity index (χ1v) is 16.4. The van der Waals surface area contributed by atoms with E-state index in [2.05, 4.69) is 110 Å². The van der Waals surface area contributed by atoms with Gasteiger partial charge in [0.05, 0.1) is 64.0 Å². The molecule has 43 heavy (non-hydrogen) atoms. The molecule has 0 radical (unpaired) electrons. The average molecular weight is 600 g/mol. The molecule has 2 saturated heterocycles. The Morgan fingerprint density at radius 2 is 1.30 bits per heavy atom. The fourth-order valence-electron chi connectivity index (χ4n) is 4.79. The Morgan fingerprint density at radius 3 is 1.77 bits per heavy atom. The number of nitrogens with zero attached hydrogens (tertiary/aromatic N) is 8. The number of rotatable bonds is 10. The van der Waals surface area contributed by atoms with E-state index in [0.717, 1.165) is 78.8 Å². The van der Waals surface area contributed by atoms with Crippen LogP contribution in [0.2, 0.25) is 0 Å². The van der Waals surface area contributed by atoms with Crippen molar-refractivity contribution < 1.29 is 14.2 Å². The van der Waals surface area contributed by atoms with Gasteiger partial charge in [-0.3, -0.25) is 19.2 Å². The van der Waals surface area contributed by atoms with Crippen molar-refractivity contribution >= 4 is 12.4 Å². The van der Waals surface area contributed by atoms with Gasteiger partial charge >= 0.3 is 0 Å². The van der Waals surface area contributed by atoms with Crippen molar-refractivity contribution in [1.82, 2.24) is 29.4 Å². The summed E-state index contributed by atoms with van der Waals surface area (Å²) in [4.78, 5) is 4.87. The zero-order valence-corrected chi connectivity index (χ0v) is 28.2. The number of hydrogen-bond donors (Lipinski definition) is 0. The van der Waals surface area contributed by atoms with Crippen molar-refractivity contribution in [2.45, 2.75) is 79.8 Å². The highest BCUT2D eigenvalue weighted by molar-refractivity contribution is 5.83. The molecule has 2 aromatic rings. The number of morpholine rings is 2. The number of aromatic nitrogens is 4. The molecule has 1 atom stereocenters. The highest BCUT2D eigenvalue weighted by atomic mass is 16.5. The molecule has 1 unspecified atom stereocenters. The van der Waals surface area contributed by atoms with Gasteiger partial charge in [0, 0.05) is 51.2 Å². The molecule has 5 heterocycles. The van der Waals surface area contributed by atoms with E-state index in [-0.39, 0.29) is 0 Å². The maximum Gasteiger partial charge on any atom is 0.186 e. The SMILES string of the molecule is CC(C)C1C=N[N+](CCN2CCOCC2)=C1.CC(C)c1cnn(C(C)C)c1.CC(C)c1cnn(CCN2CCOCC2)c1. The van der Waals surface area contributed by atoms with Crippen molar-refractivity contribution in [3.8, 4) is 0 Å². The molecule has 0 aromatic carbocycles. The molecule has 0 spiro atoms. The Morgan fingerprint density at radius 1 is 0.744 bits per heavy atom. The molecule has 0 N–H and O–H groups in total. The smallest absolute Gasteiger partial charge is 0.186 e. The van der Waals surface area contributed by atoms with Crippen molar-refractivity contribution in [2.24, 2.45) is 16.9 Å². The second kappa shape index (κ2) is 18.4. The molecule has 242 valence electrons. The molecular weight excluding hydrogens is 540 g/mol. The summed E-state index contributed by atoms with van der Waals surface area (Å²) in [5.41, 5.74) is 2.64. The molecule has 3 aliphatic heterocycles. The predicted octanol–water partition coefficient (Wildman–Crippen LogP) is 4.60. The topological polar surface area (TPSA) is 76.0 Å². The van der Waals surface area contributed by atoms with Crippen LogP contribution in [0.3, 0.4) is 0 Å². The fourth-order valence-corrected chi connectivity index (χ4v) is 4.79. The van der Waals surface area contributed by atoms with Gasteiger partial charge in [-0.15, -0.1) is 0 Å². The van der Waals surface area contributed by atoms with E-state index >= 15 is 0 Å². The molecule has 2 aromatic heterocycles. The third kappa shape index (κ3) is 12.6. The lowest BCUT2D eigenvalue weighted by atomic mass is 9.99. The van der Waals surface area contributed by atoms with Gasteiger partial charge in [0.1, 0.15) is 0 Å². The Balaban J connectivity index is 0.000000180. The largest absolute Gasteiger partial charge is 0.379 e. The van der Waals surface area contributed by atoms with Gasteiger partial charge in [-0.1, -0.05) is 46.2 Å². The molecule has 0 aliphatic carbocycles. The first-order valence-electron chi connectivity index (χ1n) is 16.4. The van der Waals surface area contributed by atoms with Crippen LogP contribution >= 0.6 is 0 Å². The second-order valence-electron chi connectivity index (χ2n) is 13.0. The molecule has 2 fully saturated rings. The van der Waals surface area contributed by atoms with E-state index in [1.165, 1.54) is 11.1 Å². The Kier molecular flexibility index (Phi) is 15.0. The van der Waals surface area contributed by atoms with Crippen molar-refractivity contribution in [3.63, 3.8) is 0 Å². The number of ether oxygens (including phenoxy) is 2. The van der Waals surface area contributed by atoms with Gasteiger partial charge in [0.2, 0.25) is 0 Å². The van der Waals surface area contributed by atoms with E-state index in [0.29, 0.717) is 29.7 Å². The molecule has 0 saturated carbocycles. The summed E-state index contributed by atoms with van der Waals surface area (Å²) in [7, 11) is 0. The van der Waals surface area contributed by atoms with Gasteiger partial charge in [-0.05, 0) is 47.8 Å². The Labute approximate surface area is 260 Å². The normalized spacial score (nSPS) is 19.5. The summed E-state index contributed by atoms with van der Waals surface area (Å²) in [5, 5.41) is 13.1. The third-order valence-corrected chi connectivity index (χ3v) is 8.14. The zero-order chi connectivity index (χ0) is 31.2. The molecule has 10 heteroatoms. The van der Waals surface area contributed by atoms with Crippen molar-refractivity contribution in [2.75, 3.05) is 72.2 Å². The Bertz CT molecular complexity index is 1070. The second-order valence-corrected chi connectivity index (χ2v) is 13.0. The average Bonchev–Trinajstić information content (AvgIpc) is 3.78. The number of hydrogen-bond acceptors (Lipinski definition) is 7. The van der Waals surface area contributed by atoms with E-state index < -0.39 is 0 Å². The summed E-state index contributed by atoms with van der Waals surface area (Å²) in [6.07, 6.45) is 12.5. The minimum absolute atomic E-state index is 0.475. The van der Waals surface area contributed by atoms with Crippen LogP contribution in [0.1, 0.15) is 84.4 Å².